The van der Waals surface area contributed by atoms with Gasteiger partial charge in [-0.15, -0.1) is 0 Å². The van der Waals surface area contributed by atoms with Crippen LogP contribution in [0.1, 0.15) is 54.1 Å². The maximum atomic E-state index is 13.1. The van der Waals surface area contributed by atoms with Crippen molar-refractivity contribution in [3.63, 3.8) is 0 Å². The smallest absolute Gasteiger partial charge is 0.242 e. The van der Waals surface area contributed by atoms with Gasteiger partial charge in [0.2, 0.25) is 5.91 Å². The molecule has 0 saturated carbocycles. The van der Waals surface area contributed by atoms with Gasteiger partial charge in [-0.05, 0) is 41.7 Å². The Morgan fingerprint density at radius 3 is 2.43 bits per heavy atom. The molecule has 4 N–H and O–H groups in total. The summed E-state index contributed by atoms with van der Waals surface area (Å²) in [6, 6.07) is 10.8. The lowest BCUT2D eigenvalue weighted by molar-refractivity contribution is -0.131. The van der Waals surface area contributed by atoms with Crippen molar-refractivity contribution in [2.45, 2.75) is 44.8 Å². The number of phenols is 1. The number of carbonyl (C=O) groups is 1. The van der Waals surface area contributed by atoms with Crippen molar-refractivity contribution in [1.29, 1.82) is 0 Å². The summed E-state index contributed by atoms with van der Waals surface area (Å²) in [5, 5.41) is 20.8. The molecule has 160 valence electrons. The van der Waals surface area contributed by atoms with E-state index in [-0.39, 0.29) is 42.8 Å². The number of rotatable bonds is 5. The minimum atomic E-state index is -0.448. The summed E-state index contributed by atoms with van der Waals surface area (Å²) in [4.78, 5) is 14.9. The second-order valence-corrected chi connectivity index (χ2v) is 8.91. The van der Waals surface area contributed by atoms with E-state index in [1.807, 2.05) is 6.92 Å². The highest BCUT2D eigenvalue weighted by molar-refractivity contribution is 6.31. The third-order valence-corrected chi connectivity index (χ3v) is 6.75. The van der Waals surface area contributed by atoms with Gasteiger partial charge in [0.05, 0.1) is 18.7 Å². The summed E-state index contributed by atoms with van der Waals surface area (Å²) in [6.07, 6.45) is 0. The predicted molar refractivity (Wildman–Crippen MR) is 116 cm³/mol. The van der Waals surface area contributed by atoms with E-state index < -0.39 is 6.04 Å². The molecule has 0 spiro atoms. The number of benzene rings is 2. The molecule has 0 radical (unpaired) electrons. The lowest BCUT2D eigenvalue weighted by Crippen LogP contribution is -2.42. The van der Waals surface area contributed by atoms with Gasteiger partial charge in [-0.25, -0.2) is 10.9 Å². The molecule has 0 aromatic heterocycles. The number of phenolic OH excluding ortho intramolecular Hbond substituents is 1. The number of hydrogen-bond donors (Lipinski definition) is 4. The van der Waals surface area contributed by atoms with E-state index in [0.717, 1.165) is 11.1 Å². The fourth-order valence-corrected chi connectivity index (χ4v) is 4.90. The van der Waals surface area contributed by atoms with E-state index >= 15 is 0 Å². The number of fused-ring (bicyclic) bond motifs is 1. The molecule has 2 aromatic rings. The largest absolute Gasteiger partial charge is 0.508 e. The minimum absolute atomic E-state index is 0.0558. The number of hydrogen-bond acceptors (Lipinski definition) is 5. The van der Waals surface area contributed by atoms with Crippen molar-refractivity contribution in [2.24, 2.45) is 5.92 Å². The molecule has 4 unspecified atom stereocenters. The highest BCUT2D eigenvalue weighted by atomic mass is 35.5. The number of aryl methyl sites for hydroxylation is 1. The number of aliphatic hydroxyl groups is 1. The number of aromatic hydroxyl groups is 1. The highest BCUT2D eigenvalue weighted by Crippen LogP contribution is 2.49. The summed E-state index contributed by atoms with van der Waals surface area (Å²) in [5.74, 6) is 0.344. The summed E-state index contributed by atoms with van der Waals surface area (Å²) < 4.78 is 0. The van der Waals surface area contributed by atoms with Crippen molar-refractivity contribution in [3.8, 4) is 5.75 Å². The summed E-state index contributed by atoms with van der Waals surface area (Å²) in [7, 11) is 0. The molecule has 1 amide bonds. The van der Waals surface area contributed by atoms with E-state index in [1.54, 1.807) is 17.0 Å². The zero-order valence-corrected chi connectivity index (χ0v) is 18.1. The van der Waals surface area contributed by atoms with Crippen molar-refractivity contribution < 1.29 is 15.0 Å². The van der Waals surface area contributed by atoms with Crippen LogP contribution in [0.25, 0.3) is 0 Å². The average molecular weight is 430 g/mol. The number of aliphatic hydroxyl groups excluding tert-OH is 1. The van der Waals surface area contributed by atoms with Crippen LogP contribution in [0.4, 0.5) is 0 Å². The van der Waals surface area contributed by atoms with Crippen LogP contribution in [0.15, 0.2) is 36.4 Å². The van der Waals surface area contributed by atoms with Gasteiger partial charge in [0.15, 0.2) is 0 Å². The molecule has 2 aliphatic heterocycles. The minimum Gasteiger partial charge on any atom is -0.508 e. The molecule has 30 heavy (non-hydrogen) atoms. The standard InChI is InChI=1S/C23H28ClN3O3/c1-12(2)14-4-6-15(7-5-14)22-19-20(16-11-17(24)13(3)10-18(16)29)25-26-21(19)23(30)27(22)8-9-28/h4-7,10-12,19-22,25-26,28-29H,8-9H2,1-3H3. The Labute approximate surface area is 181 Å². The summed E-state index contributed by atoms with van der Waals surface area (Å²) in [5.41, 5.74) is 10.0. The summed E-state index contributed by atoms with van der Waals surface area (Å²) >= 11 is 6.34. The monoisotopic (exact) mass is 429 g/mol. The van der Waals surface area contributed by atoms with Gasteiger partial charge in [0.1, 0.15) is 11.8 Å². The van der Waals surface area contributed by atoms with Crippen molar-refractivity contribution in [2.75, 3.05) is 13.2 Å². The molecule has 4 atom stereocenters. The van der Waals surface area contributed by atoms with Crippen LogP contribution in [0.2, 0.25) is 5.02 Å². The number of carbonyl (C=O) groups excluding carboxylic acids is 1. The molecule has 2 saturated heterocycles. The number of nitrogens with one attached hydrogen (secondary N) is 2. The number of β-amino-alcohol motifs (C(OH)–C–C–N with tert-alkyl or cyclic N) is 1. The molecule has 6 nitrogen and oxygen atoms in total. The van der Waals surface area contributed by atoms with Crippen molar-refractivity contribution in [1.82, 2.24) is 15.8 Å². The van der Waals surface area contributed by atoms with Gasteiger partial charge in [-0.1, -0.05) is 49.7 Å². The van der Waals surface area contributed by atoms with E-state index in [2.05, 4.69) is 49.0 Å². The van der Waals surface area contributed by atoms with Crippen LogP contribution in [0.3, 0.4) is 0 Å². The Balaban J connectivity index is 1.77. The number of likely N-dealkylation sites (tertiary alicyclic amines) is 1. The van der Waals surface area contributed by atoms with Crippen molar-refractivity contribution >= 4 is 17.5 Å². The molecule has 2 heterocycles. The van der Waals surface area contributed by atoms with Crippen LogP contribution in [0, 0.1) is 12.8 Å². The second kappa shape index (κ2) is 8.19. The third-order valence-electron chi connectivity index (χ3n) is 6.34. The molecule has 0 aliphatic carbocycles. The maximum Gasteiger partial charge on any atom is 0.242 e. The van der Waals surface area contributed by atoms with Gasteiger partial charge in [0.25, 0.3) is 0 Å². The van der Waals surface area contributed by atoms with Crippen LogP contribution >= 0.6 is 11.6 Å². The van der Waals surface area contributed by atoms with Crippen LogP contribution < -0.4 is 10.9 Å². The van der Waals surface area contributed by atoms with E-state index in [4.69, 9.17) is 11.6 Å². The van der Waals surface area contributed by atoms with Gasteiger partial charge in [-0.3, -0.25) is 4.79 Å². The second-order valence-electron chi connectivity index (χ2n) is 8.50. The molecule has 4 rings (SSSR count). The maximum absolute atomic E-state index is 13.1. The number of halogens is 1. The lowest BCUT2D eigenvalue weighted by Gasteiger charge is -2.31. The molecular weight excluding hydrogens is 402 g/mol. The first-order valence-corrected chi connectivity index (χ1v) is 10.7. The predicted octanol–water partition coefficient (Wildman–Crippen LogP) is 3.19. The Bertz CT molecular complexity index is 947. The first kappa shape index (κ1) is 21.1. The van der Waals surface area contributed by atoms with E-state index in [0.29, 0.717) is 16.5 Å². The van der Waals surface area contributed by atoms with Gasteiger partial charge < -0.3 is 15.1 Å². The Hall–Kier alpha value is -2.12. The SMILES string of the molecule is Cc1cc(O)c(C2NNC3C(=O)N(CCO)C(c4ccc(C(C)C)cc4)C32)cc1Cl. The zero-order chi connectivity index (χ0) is 21.6. The first-order chi connectivity index (χ1) is 14.3. The Morgan fingerprint density at radius 2 is 1.80 bits per heavy atom. The van der Waals surface area contributed by atoms with E-state index in [1.165, 1.54) is 5.56 Å². The van der Waals surface area contributed by atoms with Crippen LogP contribution in [0.5, 0.6) is 5.75 Å². The zero-order valence-electron chi connectivity index (χ0n) is 17.4. The highest BCUT2D eigenvalue weighted by Gasteiger charge is 2.55. The molecule has 2 aromatic carbocycles. The molecule has 2 fully saturated rings. The lowest BCUT2D eigenvalue weighted by atomic mass is 9.82. The quantitative estimate of drug-likeness (QED) is 0.586. The Kier molecular flexibility index (Phi) is 5.77. The normalized spacial score (nSPS) is 25.9. The molecular formula is C23H28ClN3O3. The van der Waals surface area contributed by atoms with Crippen LogP contribution in [-0.2, 0) is 4.79 Å². The number of nitrogens with zero attached hydrogens (tertiary/aromatic N) is 1. The number of hydrazine groups is 1. The molecule has 0 bridgehead atoms. The molecule has 7 heteroatoms. The molecule has 2 aliphatic rings. The summed E-state index contributed by atoms with van der Waals surface area (Å²) in [6.45, 7) is 6.29. The van der Waals surface area contributed by atoms with E-state index in [9.17, 15) is 15.0 Å². The fraction of sp³-hybridized carbons (Fsp3) is 0.435. The van der Waals surface area contributed by atoms with Gasteiger partial charge in [0, 0.05) is 23.0 Å². The Morgan fingerprint density at radius 1 is 1.13 bits per heavy atom. The third kappa shape index (κ3) is 3.48. The van der Waals surface area contributed by atoms with Crippen LogP contribution in [-0.4, -0.2) is 40.2 Å². The first-order valence-electron chi connectivity index (χ1n) is 10.3. The van der Waals surface area contributed by atoms with Crippen molar-refractivity contribution in [3.05, 3.63) is 63.7 Å². The number of amides is 1. The topological polar surface area (TPSA) is 84.8 Å². The van der Waals surface area contributed by atoms with Gasteiger partial charge in [-0.2, -0.15) is 0 Å². The van der Waals surface area contributed by atoms with Gasteiger partial charge >= 0.3 is 0 Å². The average Bonchev–Trinajstić information content (AvgIpc) is 3.25. The fourth-order valence-electron chi connectivity index (χ4n) is 4.73.